The topological polar surface area (TPSA) is 47.6 Å². The highest BCUT2D eigenvalue weighted by Crippen LogP contribution is 2.18. The number of carbonyl (C=O) groups excluding carboxylic acids is 1. The summed E-state index contributed by atoms with van der Waals surface area (Å²) in [5.74, 6) is -0.550. The monoisotopic (exact) mass is 257 g/mol. The summed E-state index contributed by atoms with van der Waals surface area (Å²) in [4.78, 5) is 11.3. The van der Waals surface area contributed by atoms with E-state index in [4.69, 9.17) is 4.74 Å². The molecule has 7 heteroatoms. The van der Waals surface area contributed by atoms with E-state index in [0.717, 1.165) is 0 Å². The zero-order valence-electron chi connectivity index (χ0n) is 10.1. The number of nitrogens with one attached hydrogen (secondary N) is 1. The molecule has 4 nitrogen and oxygen atoms in total. The van der Waals surface area contributed by atoms with Gasteiger partial charge in [0.2, 0.25) is 0 Å². The van der Waals surface area contributed by atoms with Crippen molar-refractivity contribution in [2.24, 2.45) is 0 Å². The Morgan fingerprint density at radius 3 is 2.35 bits per heavy atom. The summed E-state index contributed by atoms with van der Waals surface area (Å²) in [5, 5.41) is 2.85. The average Bonchev–Trinajstić information content (AvgIpc) is 2.19. The fourth-order valence-corrected chi connectivity index (χ4v) is 1.12. The minimum absolute atomic E-state index is 0.00492. The van der Waals surface area contributed by atoms with Crippen molar-refractivity contribution in [1.29, 1.82) is 0 Å². The van der Waals surface area contributed by atoms with Crippen molar-refractivity contribution < 1.29 is 27.4 Å². The summed E-state index contributed by atoms with van der Waals surface area (Å²) in [7, 11) is 1.22. The number of halogens is 3. The summed E-state index contributed by atoms with van der Waals surface area (Å²) < 4.78 is 44.8. The molecular formula is C10H18F3NO3. The molecule has 0 aliphatic rings. The smallest absolute Gasteiger partial charge is 0.391 e. The van der Waals surface area contributed by atoms with Gasteiger partial charge in [0.15, 0.2) is 0 Å². The number of hydrogen-bond acceptors (Lipinski definition) is 4. The summed E-state index contributed by atoms with van der Waals surface area (Å²) in [5.41, 5.74) is 0. The quantitative estimate of drug-likeness (QED) is 0.554. The molecule has 102 valence electrons. The van der Waals surface area contributed by atoms with E-state index in [9.17, 15) is 18.0 Å². The first-order valence-corrected chi connectivity index (χ1v) is 5.24. The molecule has 0 saturated heterocycles. The molecule has 0 rings (SSSR count). The van der Waals surface area contributed by atoms with E-state index in [1.807, 2.05) is 13.8 Å². The van der Waals surface area contributed by atoms with Crippen LogP contribution in [-0.2, 0) is 14.3 Å². The lowest BCUT2D eigenvalue weighted by atomic mass is 10.2. The Bertz CT molecular complexity index is 231. The lowest BCUT2D eigenvalue weighted by Gasteiger charge is -2.19. The number of esters is 1. The second-order valence-electron chi connectivity index (χ2n) is 3.84. The number of alkyl halides is 3. The Morgan fingerprint density at radius 2 is 1.94 bits per heavy atom. The van der Waals surface area contributed by atoms with Crippen molar-refractivity contribution in [3.05, 3.63) is 0 Å². The minimum Gasteiger partial charge on any atom is -0.468 e. The Morgan fingerprint density at radius 1 is 1.35 bits per heavy atom. The summed E-state index contributed by atoms with van der Waals surface area (Å²) >= 11 is 0. The van der Waals surface area contributed by atoms with Crippen LogP contribution >= 0.6 is 0 Å². The van der Waals surface area contributed by atoms with Crippen LogP contribution in [0.4, 0.5) is 13.2 Å². The number of rotatable bonds is 7. The highest BCUT2D eigenvalue weighted by molar-refractivity contribution is 5.75. The van der Waals surface area contributed by atoms with Gasteiger partial charge in [0.1, 0.15) is 6.04 Å². The number of methoxy groups -OCH3 is 1. The third kappa shape index (κ3) is 8.93. The predicted octanol–water partition coefficient (Wildman–Crippen LogP) is 1.49. The van der Waals surface area contributed by atoms with Gasteiger partial charge in [0.05, 0.1) is 26.7 Å². The molecule has 1 atom stereocenters. The van der Waals surface area contributed by atoms with E-state index in [1.165, 1.54) is 7.11 Å². The van der Waals surface area contributed by atoms with Gasteiger partial charge in [-0.05, 0) is 0 Å². The molecule has 1 unspecified atom stereocenters. The van der Waals surface area contributed by atoms with Gasteiger partial charge in [-0.3, -0.25) is 4.79 Å². The first kappa shape index (κ1) is 16.2. The van der Waals surface area contributed by atoms with Gasteiger partial charge in [-0.25, -0.2) is 0 Å². The van der Waals surface area contributed by atoms with Gasteiger partial charge in [-0.1, -0.05) is 13.8 Å². The first-order chi connectivity index (χ1) is 7.76. The highest BCUT2D eigenvalue weighted by Gasteiger charge is 2.27. The molecule has 0 radical (unpaired) electrons. The summed E-state index contributed by atoms with van der Waals surface area (Å²) in [6.07, 6.45) is -5.27. The van der Waals surface area contributed by atoms with Crippen LogP contribution in [0.2, 0.25) is 0 Å². The maximum Gasteiger partial charge on any atom is 0.391 e. The molecule has 0 aromatic heterocycles. The average molecular weight is 257 g/mol. The van der Waals surface area contributed by atoms with Gasteiger partial charge < -0.3 is 14.8 Å². The molecule has 17 heavy (non-hydrogen) atoms. The molecule has 0 aliphatic heterocycles. The largest absolute Gasteiger partial charge is 0.468 e. The van der Waals surface area contributed by atoms with Crippen molar-refractivity contribution in [2.45, 2.75) is 38.5 Å². The zero-order valence-corrected chi connectivity index (χ0v) is 10.1. The maximum atomic E-state index is 11.8. The Labute approximate surface area is 98.5 Å². The van der Waals surface area contributed by atoms with Gasteiger partial charge >= 0.3 is 12.1 Å². The summed E-state index contributed by atoms with van der Waals surface area (Å²) in [6.45, 7) is 3.02. The Kier molecular flexibility index (Phi) is 7.13. The maximum absolute atomic E-state index is 11.8. The molecule has 0 fully saturated rings. The third-order valence-electron chi connectivity index (χ3n) is 1.83. The second-order valence-corrected chi connectivity index (χ2v) is 3.84. The molecule has 0 bridgehead atoms. The van der Waals surface area contributed by atoms with E-state index < -0.39 is 31.2 Å². The van der Waals surface area contributed by atoms with Crippen molar-refractivity contribution >= 4 is 5.97 Å². The standard InChI is InChI=1S/C10H18F3NO3/c1-7(2)14-8(9(15)16-3)6-17-5-4-10(11,12)13/h7-8,14H,4-6H2,1-3H3. The Hall–Kier alpha value is -0.820. The van der Waals surface area contributed by atoms with Gasteiger partial charge in [-0.2, -0.15) is 13.2 Å². The van der Waals surface area contributed by atoms with E-state index in [0.29, 0.717) is 0 Å². The van der Waals surface area contributed by atoms with Crippen LogP contribution in [0.25, 0.3) is 0 Å². The van der Waals surface area contributed by atoms with E-state index in [1.54, 1.807) is 0 Å². The van der Waals surface area contributed by atoms with Crippen molar-refractivity contribution in [3.8, 4) is 0 Å². The lowest BCUT2D eigenvalue weighted by Crippen LogP contribution is -2.44. The number of hydrogen-bond donors (Lipinski definition) is 1. The van der Waals surface area contributed by atoms with Gasteiger partial charge in [0.25, 0.3) is 0 Å². The fraction of sp³-hybridized carbons (Fsp3) is 0.900. The molecule has 0 saturated carbocycles. The van der Waals surface area contributed by atoms with Crippen molar-refractivity contribution in [2.75, 3.05) is 20.3 Å². The third-order valence-corrected chi connectivity index (χ3v) is 1.83. The van der Waals surface area contributed by atoms with E-state index in [2.05, 4.69) is 10.1 Å². The minimum atomic E-state index is -4.24. The fourth-order valence-electron chi connectivity index (χ4n) is 1.12. The van der Waals surface area contributed by atoms with E-state index in [-0.39, 0.29) is 12.6 Å². The highest BCUT2D eigenvalue weighted by atomic mass is 19.4. The van der Waals surface area contributed by atoms with Crippen LogP contribution in [0.15, 0.2) is 0 Å². The van der Waals surface area contributed by atoms with Crippen LogP contribution in [0, 0.1) is 0 Å². The molecular weight excluding hydrogens is 239 g/mol. The van der Waals surface area contributed by atoms with Crippen LogP contribution in [0.3, 0.4) is 0 Å². The van der Waals surface area contributed by atoms with Crippen LogP contribution in [0.5, 0.6) is 0 Å². The number of carbonyl (C=O) groups is 1. The first-order valence-electron chi connectivity index (χ1n) is 5.24. The molecule has 0 aromatic rings. The van der Waals surface area contributed by atoms with Crippen LogP contribution in [-0.4, -0.2) is 44.6 Å². The Balaban J connectivity index is 3.96. The molecule has 0 amide bonds. The summed E-state index contributed by atoms with van der Waals surface area (Å²) in [6, 6.07) is -0.737. The molecule has 0 aromatic carbocycles. The zero-order chi connectivity index (χ0) is 13.5. The molecule has 1 N–H and O–H groups in total. The number of ether oxygens (including phenoxy) is 2. The van der Waals surface area contributed by atoms with Gasteiger partial charge in [-0.15, -0.1) is 0 Å². The predicted molar refractivity (Wildman–Crippen MR) is 55.6 cm³/mol. The lowest BCUT2D eigenvalue weighted by molar-refractivity contribution is -0.150. The normalized spacial score (nSPS) is 13.8. The SMILES string of the molecule is COC(=O)C(COCCC(F)(F)F)NC(C)C. The molecule has 0 spiro atoms. The van der Waals surface area contributed by atoms with Gasteiger partial charge in [0, 0.05) is 6.04 Å². The van der Waals surface area contributed by atoms with Crippen LogP contribution in [0.1, 0.15) is 20.3 Å². The van der Waals surface area contributed by atoms with E-state index >= 15 is 0 Å². The van der Waals surface area contributed by atoms with Crippen LogP contribution < -0.4 is 5.32 Å². The molecule has 0 heterocycles. The van der Waals surface area contributed by atoms with Crippen molar-refractivity contribution in [1.82, 2.24) is 5.32 Å². The second kappa shape index (κ2) is 7.50. The molecule has 0 aliphatic carbocycles. The van der Waals surface area contributed by atoms with Crippen molar-refractivity contribution in [3.63, 3.8) is 0 Å².